The van der Waals surface area contributed by atoms with Crippen LogP contribution in [-0.4, -0.2) is 24.2 Å². The van der Waals surface area contributed by atoms with Crippen LogP contribution in [0.5, 0.6) is 0 Å². The van der Waals surface area contributed by atoms with Crippen molar-refractivity contribution in [3.63, 3.8) is 0 Å². The molecular formula is C12H15F2N. The lowest BCUT2D eigenvalue weighted by molar-refractivity contribution is 0.274. The summed E-state index contributed by atoms with van der Waals surface area (Å²) in [6.45, 7) is 3.93. The van der Waals surface area contributed by atoms with Gasteiger partial charge in [0.1, 0.15) is 12.0 Å². The van der Waals surface area contributed by atoms with Gasteiger partial charge in [0.05, 0.1) is 0 Å². The molecule has 1 saturated heterocycles. The molecule has 1 fully saturated rings. The van der Waals surface area contributed by atoms with Crippen LogP contribution in [-0.2, 0) is 6.54 Å². The van der Waals surface area contributed by atoms with E-state index in [2.05, 4.69) is 4.90 Å². The first-order valence-corrected chi connectivity index (χ1v) is 5.26. The van der Waals surface area contributed by atoms with Gasteiger partial charge in [-0.25, -0.2) is 8.78 Å². The van der Waals surface area contributed by atoms with Crippen molar-refractivity contribution in [2.75, 3.05) is 13.1 Å². The van der Waals surface area contributed by atoms with E-state index < -0.39 is 6.17 Å². The minimum atomic E-state index is -0.717. The average molecular weight is 211 g/mol. The number of hydrogen-bond donors (Lipinski definition) is 0. The lowest BCUT2D eigenvalue weighted by Crippen LogP contribution is -2.20. The lowest BCUT2D eigenvalue weighted by atomic mass is 10.1. The largest absolute Gasteiger partial charge is 0.296 e. The zero-order valence-electron chi connectivity index (χ0n) is 8.79. The molecule has 1 nitrogen and oxygen atoms in total. The van der Waals surface area contributed by atoms with Crippen molar-refractivity contribution >= 4 is 0 Å². The van der Waals surface area contributed by atoms with Crippen molar-refractivity contribution in [1.82, 2.24) is 4.90 Å². The Morgan fingerprint density at radius 2 is 1.93 bits per heavy atom. The molecule has 0 saturated carbocycles. The first kappa shape index (κ1) is 10.6. The maximum absolute atomic E-state index is 13.2. The number of alkyl halides is 1. The molecule has 2 atom stereocenters. The molecule has 15 heavy (non-hydrogen) atoms. The van der Waals surface area contributed by atoms with Crippen molar-refractivity contribution in [1.29, 1.82) is 0 Å². The van der Waals surface area contributed by atoms with Crippen LogP contribution in [0.4, 0.5) is 8.78 Å². The molecule has 1 aliphatic heterocycles. The Hall–Kier alpha value is -0.960. The third kappa shape index (κ3) is 2.53. The summed E-state index contributed by atoms with van der Waals surface area (Å²) in [6.07, 6.45) is -0.717. The summed E-state index contributed by atoms with van der Waals surface area (Å²) in [5.74, 6) is -0.109. The minimum absolute atomic E-state index is 0.116. The second-order valence-electron chi connectivity index (χ2n) is 4.31. The molecule has 1 aliphatic rings. The van der Waals surface area contributed by atoms with Crippen LogP contribution in [0, 0.1) is 11.7 Å². The second kappa shape index (κ2) is 4.27. The number of hydrogen-bond acceptors (Lipinski definition) is 1. The number of rotatable bonds is 2. The molecule has 0 aromatic heterocycles. The van der Waals surface area contributed by atoms with E-state index in [1.54, 1.807) is 12.1 Å². The molecule has 0 bridgehead atoms. The van der Waals surface area contributed by atoms with Gasteiger partial charge in [0.25, 0.3) is 0 Å². The monoisotopic (exact) mass is 211 g/mol. The van der Waals surface area contributed by atoms with E-state index >= 15 is 0 Å². The summed E-state index contributed by atoms with van der Waals surface area (Å²) in [5, 5.41) is 0. The molecule has 1 unspecified atom stereocenters. The van der Waals surface area contributed by atoms with Crippen LogP contribution < -0.4 is 0 Å². The number of nitrogens with zero attached hydrogens (tertiary/aromatic N) is 1. The third-order valence-electron chi connectivity index (χ3n) is 2.92. The Morgan fingerprint density at radius 3 is 2.47 bits per heavy atom. The highest BCUT2D eigenvalue weighted by Crippen LogP contribution is 2.21. The lowest BCUT2D eigenvalue weighted by Gasteiger charge is -2.14. The predicted molar refractivity (Wildman–Crippen MR) is 55.7 cm³/mol. The summed E-state index contributed by atoms with van der Waals surface area (Å²) in [6, 6.07) is 6.40. The Bertz CT molecular complexity index is 313. The zero-order valence-corrected chi connectivity index (χ0v) is 8.79. The highest BCUT2D eigenvalue weighted by atomic mass is 19.1. The molecule has 0 spiro atoms. The van der Waals surface area contributed by atoms with Crippen LogP contribution in [0.3, 0.4) is 0 Å². The van der Waals surface area contributed by atoms with E-state index in [1.807, 2.05) is 6.92 Å². The average Bonchev–Trinajstić information content (AvgIpc) is 2.50. The van der Waals surface area contributed by atoms with Gasteiger partial charge in [-0.3, -0.25) is 4.90 Å². The van der Waals surface area contributed by atoms with Crippen LogP contribution in [0.2, 0.25) is 0 Å². The molecule has 82 valence electrons. The van der Waals surface area contributed by atoms with Crippen LogP contribution >= 0.6 is 0 Å². The van der Waals surface area contributed by atoms with E-state index in [9.17, 15) is 8.78 Å². The maximum Gasteiger partial charge on any atom is 0.123 e. The van der Waals surface area contributed by atoms with E-state index in [-0.39, 0.29) is 11.7 Å². The minimum Gasteiger partial charge on any atom is -0.296 e. The Morgan fingerprint density at radius 1 is 1.27 bits per heavy atom. The Kier molecular flexibility index (Phi) is 3.00. The van der Waals surface area contributed by atoms with Gasteiger partial charge in [-0.05, 0) is 17.7 Å². The molecule has 2 rings (SSSR count). The summed E-state index contributed by atoms with van der Waals surface area (Å²) >= 11 is 0. The van der Waals surface area contributed by atoms with Gasteiger partial charge in [-0.15, -0.1) is 0 Å². The van der Waals surface area contributed by atoms with Gasteiger partial charge in [0.2, 0.25) is 0 Å². The third-order valence-corrected chi connectivity index (χ3v) is 2.92. The number of likely N-dealkylation sites (tertiary alicyclic amines) is 1. The van der Waals surface area contributed by atoms with Crippen molar-refractivity contribution in [3.05, 3.63) is 35.6 Å². The van der Waals surface area contributed by atoms with Crippen molar-refractivity contribution in [2.24, 2.45) is 5.92 Å². The van der Waals surface area contributed by atoms with Crippen LogP contribution in [0.15, 0.2) is 24.3 Å². The second-order valence-corrected chi connectivity index (χ2v) is 4.31. The molecule has 0 amide bonds. The van der Waals surface area contributed by atoms with Gasteiger partial charge >= 0.3 is 0 Å². The summed E-state index contributed by atoms with van der Waals surface area (Å²) < 4.78 is 25.9. The first-order valence-electron chi connectivity index (χ1n) is 5.26. The van der Waals surface area contributed by atoms with E-state index in [0.29, 0.717) is 13.1 Å². The fourth-order valence-electron chi connectivity index (χ4n) is 2.00. The Labute approximate surface area is 88.7 Å². The molecule has 0 aliphatic carbocycles. The molecular weight excluding hydrogens is 196 g/mol. The fourth-order valence-corrected chi connectivity index (χ4v) is 2.00. The van der Waals surface area contributed by atoms with Crippen molar-refractivity contribution < 1.29 is 8.78 Å². The van der Waals surface area contributed by atoms with Gasteiger partial charge in [-0.1, -0.05) is 19.1 Å². The molecule has 0 radical (unpaired) electrons. The molecule has 0 N–H and O–H groups in total. The summed E-state index contributed by atoms with van der Waals surface area (Å²) in [4.78, 5) is 2.07. The number of benzene rings is 1. The van der Waals surface area contributed by atoms with Gasteiger partial charge in [0.15, 0.2) is 0 Å². The Balaban J connectivity index is 1.95. The summed E-state index contributed by atoms with van der Waals surface area (Å²) in [7, 11) is 0. The first-order chi connectivity index (χ1) is 7.15. The van der Waals surface area contributed by atoms with E-state index in [1.165, 1.54) is 12.1 Å². The van der Waals surface area contributed by atoms with E-state index in [0.717, 1.165) is 12.1 Å². The molecule has 1 aromatic carbocycles. The highest BCUT2D eigenvalue weighted by Gasteiger charge is 2.28. The maximum atomic E-state index is 13.2. The van der Waals surface area contributed by atoms with Gasteiger partial charge in [0, 0.05) is 25.6 Å². The SMILES string of the molecule is C[C@@H]1CN(Cc2ccc(F)cc2)CC1F. The standard InChI is InChI=1S/C12H15F2N/c1-9-6-15(8-12(9)14)7-10-2-4-11(13)5-3-10/h2-5,9,12H,6-8H2,1H3/t9-,12?/m1/s1. The smallest absolute Gasteiger partial charge is 0.123 e. The zero-order chi connectivity index (χ0) is 10.8. The van der Waals surface area contributed by atoms with E-state index in [4.69, 9.17) is 0 Å². The van der Waals surface area contributed by atoms with Crippen LogP contribution in [0.1, 0.15) is 12.5 Å². The van der Waals surface area contributed by atoms with Crippen molar-refractivity contribution in [3.8, 4) is 0 Å². The quantitative estimate of drug-likeness (QED) is 0.726. The topological polar surface area (TPSA) is 3.24 Å². The summed E-state index contributed by atoms with van der Waals surface area (Å²) in [5.41, 5.74) is 1.04. The fraction of sp³-hybridized carbons (Fsp3) is 0.500. The normalized spacial score (nSPS) is 27.1. The van der Waals surface area contributed by atoms with Gasteiger partial charge < -0.3 is 0 Å². The highest BCUT2D eigenvalue weighted by molar-refractivity contribution is 5.16. The van der Waals surface area contributed by atoms with Gasteiger partial charge in [-0.2, -0.15) is 0 Å². The molecule has 3 heteroatoms. The number of halogens is 2. The van der Waals surface area contributed by atoms with Crippen molar-refractivity contribution in [2.45, 2.75) is 19.6 Å². The molecule has 1 heterocycles. The van der Waals surface area contributed by atoms with Crippen LogP contribution in [0.25, 0.3) is 0 Å². The predicted octanol–water partition coefficient (Wildman–Crippen LogP) is 2.62. The molecule has 1 aromatic rings.